The van der Waals surface area contributed by atoms with E-state index >= 15 is 0 Å². The molecule has 1 heterocycles. The lowest BCUT2D eigenvalue weighted by Gasteiger charge is -2.31. The first-order valence-corrected chi connectivity index (χ1v) is 7.43. The Bertz CT molecular complexity index is 489. The number of benzene rings is 1. The molecular weight excluding hydrogens is 348 g/mol. The number of ether oxygens (including phenoxy) is 1. The fourth-order valence-electron chi connectivity index (χ4n) is 2.16. The molecule has 0 aliphatic carbocycles. The van der Waals surface area contributed by atoms with Crippen molar-refractivity contribution in [2.75, 3.05) is 31.6 Å². The maximum Gasteiger partial charge on any atom is 0.407 e. The van der Waals surface area contributed by atoms with Crippen LogP contribution in [-0.4, -0.2) is 48.4 Å². The van der Waals surface area contributed by atoms with Crippen LogP contribution in [-0.2, 0) is 4.74 Å². The van der Waals surface area contributed by atoms with E-state index in [0.717, 1.165) is 15.7 Å². The smallest absolute Gasteiger partial charge is 0.407 e. The van der Waals surface area contributed by atoms with E-state index in [1.54, 1.807) is 0 Å². The van der Waals surface area contributed by atoms with Crippen molar-refractivity contribution in [1.82, 2.24) is 4.90 Å². The number of anilines is 1. The van der Waals surface area contributed by atoms with Gasteiger partial charge >= 0.3 is 6.09 Å². The zero-order chi connectivity index (χ0) is 14.7. The summed E-state index contributed by atoms with van der Waals surface area (Å²) in [5.74, 6) is 0. The Morgan fingerprint density at radius 2 is 2.40 bits per heavy atom. The highest BCUT2D eigenvalue weighted by Gasteiger charge is 2.23. The highest BCUT2D eigenvalue weighted by molar-refractivity contribution is 9.10. The van der Waals surface area contributed by atoms with Gasteiger partial charge < -0.3 is 20.1 Å². The molecule has 1 amide bonds. The molecule has 1 aromatic rings. The van der Waals surface area contributed by atoms with E-state index in [4.69, 9.17) is 21.4 Å². The minimum absolute atomic E-state index is 0.151. The van der Waals surface area contributed by atoms with Gasteiger partial charge in [-0.1, -0.05) is 11.6 Å². The van der Waals surface area contributed by atoms with Crippen LogP contribution < -0.4 is 5.32 Å². The monoisotopic (exact) mass is 362 g/mol. The molecule has 2 N–H and O–H groups in total. The molecule has 0 aromatic heterocycles. The van der Waals surface area contributed by atoms with E-state index in [9.17, 15) is 4.79 Å². The lowest BCUT2D eigenvalue weighted by molar-refractivity contribution is -0.0147. The summed E-state index contributed by atoms with van der Waals surface area (Å²) < 4.78 is 6.46. The molecule has 1 atom stereocenters. The third-order valence-corrected chi connectivity index (χ3v) is 4.01. The summed E-state index contributed by atoms with van der Waals surface area (Å²) in [7, 11) is 0. The van der Waals surface area contributed by atoms with Gasteiger partial charge in [-0.2, -0.15) is 0 Å². The van der Waals surface area contributed by atoms with Gasteiger partial charge in [0.1, 0.15) is 0 Å². The summed E-state index contributed by atoms with van der Waals surface area (Å²) in [5, 5.41) is 12.9. The van der Waals surface area contributed by atoms with E-state index < -0.39 is 6.09 Å². The van der Waals surface area contributed by atoms with Crippen molar-refractivity contribution >= 4 is 39.3 Å². The normalized spacial score (nSPS) is 18.9. The highest BCUT2D eigenvalue weighted by atomic mass is 79.9. The molecule has 0 spiro atoms. The zero-order valence-electron chi connectivity index (χ0n) is 11.0. The molecule has 1 aliphatic heterocycles. The van der Waals surface area contributed by atoms with Crippen molar-refractivity contribution in [2.45, 2.75) is 13.0 Å². The molecule has 1 unspecified atom stereocenters. The molecule has 1 saturated heterocycles. The van der Waals surface area contributed by atoms with Gasteiger partial charge in [0.05, 0.1) is 24.9 Å². The number of nitrogens with zero attached hydrogens (tertiary/aromatic N) is 1. The summed E-state index contributed by atoms with van der Waals surface area (Å²) in [6, 6.07) is 3.70. The maximum atomic E-state index is 10.9. The van der Waals surface area contributed by atoms with Crippen LogP contribution in [0.5, 0.6) is 0 Å². The number of rotatable bonds is 3. The lowest BCUT2D eigenvalue weighted by Crippen LogP contribution is -2.47. The van der Waals surface area contributed by atoms with Crippen molar-refractivity contribution in [2.24, 2.45) is 0 Å². The zero-order valence-corrected chi connectivity index (χ0v) is 13.4. The van der Waals surface area contributed by atoms with Crippen LogP contribution >= 0.6 is 27.5 Å². The highest BCUT2D eigenvalue weighted by Crippen LogP contribution is 2.30. The molecule has 5 nitrogen and oxygen atoms in total. The Kier molecular flexibility index (Phi) is 5.12. The number of amides is 1. The van der Waals surface area contributed by atoms with Crippen LogP contribution in [0.3, 0.4) is 0 Å². The van der Waals surface area contributed by atoms with Crippen molar-refractivity contribution in [3.05, 3.63) is 27.2 Å². The first-order valence-electron chi connectivity index (χ1n) is 6.26. The van der Waals surface area contributed by atoms with Crippen LogP contribution in [0, 0.1) is 6.92 Å². The third kappa shape index (κ3) is 3.77. The van der Waals surface area contributed by atoms with Gasteiger partial charge in [-0.15, -0.1) is 0 Å². The largest absolute Gasteiger partial charge is 0.465 e. The molecular formula is C13H16BrClN2O3. The molecule has 1 aromatic carbocycles. The molecule has 2 rings (SSSR count). The second-order valence-corrected chi connectivity index (χ2v) is 5.97. The number of aryl methyl sites for hydroxylation is 1. The number of hydrogen-bond acceptors (Lipinski definition) is 3. The fourth-order valence-corrected chi connectivity index (χ4v) is 3.26. The SMILES string of the molecule is Cc1cc(Cl)cc(Br)c1NCC1CN(C(=O)O)CCO1. The topological polar surface area (TPSA) is 61.8 Å². The second kappa shape index (κ2) is 6.65. The first kappa shape index (κ1) is 15.4. The number of morpholine rings is 1. The fraction of sp³-hybridized carbons (Fsp3) is 0.462. The molecule has 20 heavy (non-hydrogen) atoms. The van der Waals surface area contributed by atoms with Gasteiger partial charge in [-0.05, 0) is 40.5 Å². The van der Waals surface area contributed by atoms with E-state index in [1.165, 1.54) is 4.90 Å². The minimum Gasteiger partial charge on any atom is -0.465 e. The summed E-state index contributed by atoms with van der Waals surface area (Å²) in [5.41, 5.74) is 1.97. The lowest BCUT2D eigenvalue weighted by atomic mass is 10.2. The Morgan fingerprint density at radius 3 is 3.05 bits per heavy atom. The van der Waals surface area contributed by atoms with Crippen molar-refractivity contribution in [1.29, 1.82) is 0 Å². The summed E-state index contributed by atoms with van der Waals surface area (Å²) >= 11 is 9.44. The van der Waals surface area contributed by atoms with Gasteiger partial charge in [-0.3, -0.25) is 0 Å². The number of halogens is 2. The van der Waals surface area contributed by atoms with Gasteiger partial charge in [0, 0.05) is 22.6 Å². The standard InChI is InChI=1S/C13H16BrClN2O3/c1-8-4-9(15)5-11(14)12(8)16-6-10-7-17(13(18)19)2-3-20-10/h4-5,10,16H,2-3,6-7H2,1H3,(H,18,19). The number of hydrogen-bond donors (Lipinski definition) is 2. The van der Waals surface area contributed by atoms with E-state index in [-0.39, 0.29) is 6.10 Å². The molecule has 1 fully saturated rings. The summed E-state index contributed by atoms with van der Waals surface area (Å²) in [6.45, 7) is 3.75. The van der Waals surface area contributed by atoms with E-state index in [0.29, 0.717) is 31.3 Å². The van der Waals surface area contributed by atoms with Crippen molar-refractivity contribution in [3.8, 4) is 0 Å². The van der Waals surface area contributed by atoms with Crippen LogP contribution in [0.15, 0.2) is 16.6 Å². The predicted octanol–water partition coefficient (Wildman–Crippen LogP) is 3.20. The molecule has 1 aliphatic rings. The first-order chi connectivity index (χ1) is 9.47. The molecule has 0 bridgehead atoms. The molecule has 110 valence electrons. The van der Waals surface area contributed by atoms with Crippen molar-refractivity contribution < 1.29 is 14.6 Å². The number of carbonyl (C=O) groups is 1. The van der Waals surface area contributed by atoms with E-state index in [1.807, 2.05) is 19.1 Å². The Labute approximate surface area is 131 Å². The Morgan fingerprint density at radius 1 is 1.65 bits per heavy atom. The molecule has 0 saturated carbocycles. The van der Waals surface area contributed by atoms with Gasteiger partial charge in [0.25, 0.3) is 0 Å². The second-order valence-electron chi connectivity index (χ2n) is 4.68. The quantitative estimate of drug-likeness (QED) is 0.866. The van der Waals surface area contributed by atoms with Crippen LogP contribution in [0.4, 0.5) is 10.5 Å². The maximum absolute atomic E-state index is 10.9. The third-order valence-electron chi connectivity index (χ3n) is 3.17. The Balaban J connectivity index is 1.97. The number of nitrogens with one attached hydrogen (secondary N) is 1. The summed E-state index contributed by atoms with van der Waals surface area (Å²) in [6.07, 6.45) is -1.05. The predicted molar refractivity (Wildman–Crippen MR) is 81.7 cm³/mol. The van der Waals surface area contributed by atoms with Crippen LogP contribution in [0.2, 0.25) is 5.02 Å². The average Bonchev–Trinajstić information content (AvgIpc) is 2.37. The molecule has 0 radical (unpaired) electrons. The summed E-state index contributed by atoms with van der Waals surface area (Å²) in [4.78, 5) is 12.3. The molecule has 7 heteroatoms. The Hall–Kier alpha value is -0.980. The van der Waals surface area contributed by atoms with Gasteiger partial charge in [0.15, 0.2) is 0 Å². The van der Waals surface area contributed by atoms with Crippen molar-refractivity contribution in [3.63, 3.8) is 0 Å². The van der Waals surface area contributed by atoms with Crippen LogP contribution in [0.1, 0.15) is 5.56 Å². The average molecular weight is 364 g/mol. The van der Waals surface area contributed by atoms with Gasteiger partial charge in [-0.25, -0.2) is 4.79 Å². The van der Waals surface area contributed by atoms with Crippen LogP contribution in [0.25, 0.3) is 0 Å². The van der Waals surface area contributed by atoms with E-state index in [2.05, 4.69) is 21.2 Å². The number of carboxylic acid groups (broad SMARTS) is 1. The minimum atomic E-state index is -0.901. The van der Waals surface area contributed by atoms with Gasteiger partial charge in [0.2, 0.25) is 0 Å².